The molecule has 0 aromatic heterocycles. The number of rotatable bonds is 4. The molecule has 3 nitrogen and oxygen atoms in total. The molecule has 0 saturated carbocycles. The van der Waals surface area contributed by atoms with Crippen LogP contribution in [0.3, 0.4) is 0 Å². The van der Waals surface area contributed by atoms with Gasteiger partial charge in [-0.1, -0.05) is 6.92 Å². The van der Waals surface area contributed by atoms with E-state index in [9.17, 15) is 0 Å². The van der Waals surface area contributed by atoms with Gasteiger partial charge in [0.25, 0.3) is 0 Å². The second kappa shape index (κ2) is 4.61. The van der Waals surface area contributed by atoms with E-state index in [0.29, 0.717) is 17.9 Å². The van der Waals surface area contributed by atoms with Crippen LogP contribution < -0.4 is 5.73 Å². The van der Waals surface area contributed by atoms with Gasteiger partial charge >= 0.3 is 0 Å². The number of nitrogens with zero attached hydrogens (tertiary/aromatic N) is 1. The van der Waals surface area contributed by atoms with E-state index in [1.54, 1.807) is 0 Å². The first-order valence-electron chi connectivity index (χ1n) is 5.23. The van der Waals surface area contributed by atoms with Crippen molar-refractivity contribution >= 4 is 5.84 Å². The van der Waals surface area contributed by atoms with Gasteiger partial charge in [-0.25, -0.2) is 0 Å². The molecule has 0 radical (unpaired) electrons. The molecule has 0 spiro atoms. The zero-order valence-electron chi connectivity index (χ0n) is 8.71. The molecule has 2 atom stereocenters. The number of nitrogens with one attached hydrogen (secondary N) is 1. The highest BCUT2D eigenvalue weighted by atomic mass is 15.2. The molecule has 0 aromatic carbocycles. The minimum Gasteiger partial charge on any atom is -0.388 e. The summed E-state index contributed by atoms with van der Waals surface area (Å²) in [7, 11) is 0. The first kappa shape index (κ1) is 10.5. The molecule has 76 valence electrons. The van der Waals surface area contributed by atoms with Crippen LogP contribution in [-0.2, 0) is 0 Å². The normalized spacial score (nSPS) is 26.2. The molecule has 2 unspecified atom stereocenters. The van der Waals surface area contributed by atoms with E-state index in [1.165, 1.54) is 19.4 Å². The Morgan fingerprint density at radius 1 is 1.69 bits per heavy atom. The van der Waals surface area contributed by atoms with Gasteiger partial charge in [-0.3, -0.25) is 10.3 Å². The van der Waals surface area contributed by atoms with Crippen molar-refractivity contribution in [2.75, 3.05) is 6.54 Å². The van der Waals surface area contributed by atoms with Crippen LogP contribution in [0, 0.1) is 5.41 Å². The lowest BCUT2D eigenvalue weighted by atomic mass is 10.1. The third kappa shape index (κ3) is 2.69. The molecule has 1 fully saturated rings. The molecule has 0 bridgehead atoms. The molecule has 3 heteroatoms. The van der Waals surface area contributed by atoms with Crippen LogP contribution in [0.5, 0.6) is 0 Å². The average molecular weight is 183 g/mol. The molecule has 1 rings (SSSR count). The van der Waals surface area contributed by atoms with E-state index in [1.807, 2.05) is 0 Å². The van der Waals surface area contributed by atoms with E-state index < -0.39 is 0 Å². The Morgan fingerprint density at radius 2 is 2.38 bits per heavy atom. The van der Waals surface area contributed by atoms with Crippen molar-refractivity contribution in [2.24, 2.45) is 5.73 Å². The molecule has 1 aliphatic rings. The Labute approximate surface area is 80.8 Å². The van der Waals surface area contributed by atoms with E-state index in [2.05, 4.69) is 18.7 Å². The Hall–Kier alpha value is -0.570. The smallest absolute Gasteiger partial charge is 0.0921 e. The van der Waals surface area contributed by atoms with Crippen LogP contribution in [0.1, 0.15) is 39.5 Å². The number of hydrogen-bond donors (Lipinski definition) is 2. The largest absolute Gasteiger partial charge is 0.388 e. The highest BCUT2D eigenvalue weighted by Gasteiger charge is 2.26. The zero-order chi connectivity index (χ0) is 9.84. The SMILES string of the molecule is CCC(CC(=N)N)N1CCCC1C. The third-order valence-corrected chi connectivity index (χ3v) is 3.00. The Morgan fingerprint density at radius 3 is 2.77 bits per heavy atom. The minimum absolute atomic E-state index is 0.325. The van der Waals surface area contributed by atoms with Crippen molar-refractivity contribution in [3.05, 3.63) is 0 Å². The maximum absolute atomic E-state index is 7.31. The molecule has 1 saturated heterocycles. The van der Waals surface area contributed by atoms with Crippen LogP contribution in [0.25, 0.3) is 0 Å². The fraction of sp³-hybridized carbons (Fsp3) is 0.900. The van der Waals surface area contributed by atoms with Crippen molar-refractivity contribution in [3.8, 4) is 0 Å². The second-order valence-corrected chi connectivity index (χ2v) is 4.02. The summed E-state index contributed by atoms with van der Waals surface area (Å²) in [6.07, 6.45) is 4.44. The first-order valence-corrected chi connectivity index (χ1v) is 5.23. The maximum Gasteiger partial charge on any atom is 0.0921 e. The van der Waals surface area contributed by atoms with Gasteiger partial charge in [0.2, 0.25) is 0 Å². The van der Waals surface area contributed by atoms with E-state index in [-0.39, 0.29) is 0 Å². The summed E-state index contributed by atoms with van der Waals surface area (Å²) in [4.78, 5) is 2.50. The standard InChI is InChI=1S/C10H21N3/c1-3-9(7-10(11)12)13-6-4-5-8(13)2/h8-9H,3-7H2,1-2H3,(H3,11,12). The van der Waals surface area contributed by atoms with Crippen molar-refractivity contribution in [1.29, 1.82) is 5.41 Å². The topological polar surface area (TPSA) is 53.1 Å². The Kier molecular flexibility index (Phi) is 3.72. The number of amidine groups is 1. The summed E-state index contributed by atoms with van der Waals surface area (Å²) in [6, 6.07) is 1.18. The maximum atomic E-state index is 7.31. The molecular weight excluding hydrogens is 162 g/mol. The zero-order valence-corrected chi connectivity index (χ0v) is 8.71. The van der Waals surface area contributed by atoms with Crippen molar-refractivity contribution in [2.45, 2.75) is 51.6 Å². The molecule has 1 heterocycles. The summed E-state index contributed by atoms with van der Waals surface area (Å²) in [5, 5.41) is 7.31. The molecule has 0 aromatic rings. The van der Waals surface area contributed by atoms with Gasteiger partial charge in [0.15, 0.2) is 0 Å². The highest BCUT2D eigenvalue weighted by Crippen LogP contribution is 2.22. The van der Waals surface area contributed by atoms with Gasteiger partial charge in [0.1, 0.15) is 0 Å². The predicted molar refractivity (Wildman–Crippen MR) is 56.0 cm³/mol. The third-order valence-electron chi connectivity index (χ3n) is 3.00. The molecule has 0 amide bonds. The van der Waals surface area contributed by atoms with Gasteiger partial charge in [-0.15, -0.1) is 0 Å². The average Bonchev–Trinajstić information content (AvgIpc) is 2.47. The predicted octanol–water partition coefficient (Wildman–Crippen LogP) is 1.58. The lowest BCUT2D eigenvalue weighted by Gasteiger charge is -2.30. The quantitative estimate of drug-likeness (QED) is 0.513. The van der Waals surface area contributed by atoms with E-state index in [4.69, 9.17) is 11.1 Å². The van der Waals surface area contributed by atoms with E-state index >= 15 is 0 Å². The molecule has 3 N–H and O–H groups in total. The number of hydrogen-bond acceptors (Lipinski definition) is 2. The van der Waals surface area contributed by atoms with E-state index in [0.717, 1.165) is 12.8 Å². The van der Waals surface area contributed by atoms with Crippen LogP contribution in [-0.4, -0.2) is 29.4 Å². The fourth-order valence-electron chi connectivity index (χ4n) is 2.25. The Bertz CT molecular complexity index is 179. The van der Waals surface area contributed by atoms with Crippen molar-refractivity contribution in [1.82, 2.24) is 4.90 Å². The second-order valence-electron chi connectivity index (χ2n) is 4.02. The van der Waals surface area contributed by atoms with Gasteiger partial charge in [-0.2, -0.15) is 0 Å². The summed E-state index contributed by atoms with van der Waals surface area (Å²) in [5.74, 6) is 0.325. The van der Waals surface area contributed by atoms with Crippen LogP contribution in [0.2, 0.25) is 0 Å². The molecule has 13 heavy (non-hydrogen) atoms. The minimum atomic E-state index is 0.325. The lowest BCUT2D eigenvalue weighted by molar-refractivity contribution is 0.188. The summed E-state index contributed by atoms with van der Waals surface area (Å²) in [6.45, 7) is 5.64. The van der Waals surface area contributed by atoms with Crippen molar-refractivity contribution < 1.29 is 0 Å². The number of nitrogens with two attached hydrogens (primary N) is 1. The van der Waals surface area contributed by atoms with Crippen LogP contribution in [0.4, 0.5) is 0 Å². The van der Waals surface area contributed by atoms with Crippen LogP contribution in [0.15, 0.2) is 0 Å². The number of likely N-dealkylation sites (tertiary alicyclic amines) is 1. The molecular formula is C10H21N3. The van der Waals surface area contributed by atoms with Gasteiger partial charge in [-0.05, 0) is 32.7 Å². The fourth-order valence-corrected chi connectivity index (χ4v) is 2.25. The first-order chi connectivity index (χ1) is 6.15. The molecule has 1 aliphatic heterocycles. The van der Waals surface area contributed by atoms with Crippen LogP contribution >= 0.6 is 0 Å². The monoisotopic (exact) mass is 183 g/mol. The summed E-state index contributed by atoms with van der Waals surface area (Å²) in [5.41, 5.74) is 5.44. The summed E-state index contributed by atoms with van der Waals surface area (Å²) < 4.78 is 0. The molecule has 0 aliphatic carbocycles. The van der Waals surface area contributed by atoms with Gasteiger partial charge < -0.3 is 5.73 Å². The van der Waals surface area contributed by atoms with Gasteiger partial charge in [0.05, 0.1) is 5.84 Å². The lowest BCUT2D eigenvalue weighted by Crippen LogP contribution is -2.39. The Balaban J connectivity index is 2.49. The summed E-state index contributed by atoms with van der Waals surface area (Å²) >= 11 is 0. The van der Waals surface area contributed by atoms with Crippen molar-refractivity contribution in [3.63, 3.8) is 0 Å². The highest BCUT2D eigenvalue weighted by molar-refractivity contribution is 5.77. The van der Waals surface area contributed by atoms with Gasteiger partial charge in [0, 0.05) is 18.5 Å².